The fourth-order valence-corrected chi connectivity index (χ4v) is 4.59. The molecule has 2 heterocycles. The Balaban J connectivity index is 1.69. The van der Waals surface area contributed by atoms with Gasteiger partial charge in [0.2, 0.25) is 5.82 Å². The van der Waals surface area contributed by atoms with Gasteiger partial charge < -0.3 is 9.63 Å². The number of allylic oxidation sites excluding steroid dienone is 4. The van der Waals surface area contributed by atoms with Crippen LogP contribution >= 0.6 is 11.3 Å². The van der Waals surface area contributed by atoms with Crippen molar-refractivity contribution < 1.29 is 14.4 Å². The van der Waals surface area contributed by atoms with E-state index in [9.17, 15) is 9.90 Å². The summed E-state index contributed by atoms with van der Waals surface area (Å²) in [4.78, 5) is 16.0. The van der Waals surface area contributed by atoms with Crippen molar-refractivity contribution in [3.8, 4) is 11.4 Å². The second-order valence-corrected chi connectivity index (χ2v) is 8.29. The predicted octanol–water partition coefficient (Wildman–Crippen LogP) is 5.87. The molecule has 2 aromatic heterocycles. The third-order valence-corrected chi connectivity index (χ3v) is 6.60. The molecule has 2 unspecified atom stereocenters. The lowest BCUT2D eigenvalue weighted by Gasteiger charge is -2.27. The van der Waals surface area contributed by atoms with E-state index < -0.39 is 5.97 Å². The number of hydrogen-bond donors (Lipinski definition) is 1. The highest BCUT2D eigenvalue weighted by molar-refractivity contribution is 7.08. The van der Waals surface area contributed by atoms with Crippen LogP contribution in [-0.4, -0.2) is 21.2 Å². The van der Waals surface area contributed by atoms with Gasteiger partial charge in [-0.3, -0.25) is 0 Å². The molecule has 5 nitrogen and oxygen atoms in total. The maximum Gasteiger partial charge on any atom is 0.335 e. The topological polar surface area (TPSA) is 76.2 Å². The normalized spacial score (nSPS) is 19.0. The van der Waals surface area contributed by atoms with Gasteiger partial charge in [-0.25, -0.2) is 4.79 Å². The molecule has 0 fully saturated rings. The Morgan fingerprint density at radius 1 is 1.07 bits per heavy atom. The average Bonchev–Trinajstić information content (AvgIpc) is 3.33. The minimum Gasteiger partial charge on any atom is -0.478 e. The lowest BCUT2D eigenvalue weighted by Crippen LogP contribution is -2.15. The highest BCUT2D eigenvalue weighted by Gasteiger charge is 2.29. The zero-order valence-corrected chi connectivity index (χ0v) is 17.6. The molecule has 3 aromatic rings. The summed E-state index contributed by atoms with van der Waals surface area (Å²) >= 11 is 1.72. The fraction of sp³-hybridized carbons (Fsp3) is 0.261. The van der Waals surface area contributed by atoms with Crippen molar-refractivity contribution in [2.75, 3.05) is 0 Å². The molecule has 0 saturated heterocycles. The molecule has 6 heteroatoms. The number of hydrogen-bond acceptors (Lipinski definition) is 5. The first-order chi connectivity index (χ1) is 13.9. The second-order valence-electron chi connectivity index (χ2n) is 7.55. The van der Waals surface area contributed by atoms with Gasteiger partial charge in [-0.2, -0.15) is 16.3 Å². The monoisotopic (exact) mass is 406 g/mol. The van der Waals surface area contributed by atoms with Crippen LogP contribution in [0.2, 0.25) is 0 Å². The summed E-state index contributed by atoms with van der Waals surface area (Å²) in [7, 11) is 0. The van der Waals surface area contributed by atoms with E-state index in [0.717, 1.165) is 5.57 Å². The van der Waals surface area contributed by atoms with E-state index in [2.05, 4.69) is 53.8 Å². The van der Waals surface area contributed by atoms with Gasteiger partial charge in [0.1, 0.15) is 0 Å². The Hall–Kier alpha value is -2.99. The van der Waals surface area contributed by atoms with Gasteiger partial charge >= 0.3 is 5.97 Å². The number of aryl methyl sites for hydroxylation is 2. The van der Waals surface area contributed by atoms with Crippen molar-refractivity contribution in [2.24, 2.45) is 11.8 Å². The second kappa shape index (κ2) is 7.44. The van der Waals surface area contributed by atoms with E-state index in [1.54, 1.807) is 30.4 Å². The van der Waals surface area contributed by atoms with Crippen LogP contribution in [0, 0.1) is 25.7 Å². The minimum absolute atomic E-state index is 0.218. The molecule has 0 amide bonds. The molecular formula is C23H22N2O3S. The molecule has 1 aliphatic carbocycles. The van der Waals surface area contributed by atoms with E-state index in [0.29, 0.717) is 28.8 Å². The van der Waals surface area contributed by atoms with Gasteiger partial charge in [0, 0.05) is 11.1 Å². The summed E-state index contributed by atoms with van der Waals surface area (Å²) in [6.07, 6.45) is 4.21. The molecule has 2 atom stereocenters. The quantitative estimate of drug-likeness (QED) is 0.587. The van der Waals surface area contributed by atoms with Crippen molar-refractivity contribution >= 4 is 28.5 Å². The summed E-state index contributed by atoms with van der Waals surface area (Å²) < 4.78 is 5.55. The summed E-state index contributed by atoms with van der Waals surface area (Å²) in [6, 6.07) is 5.16. The van der Waals surface area contributed by atoms with Crippen LogP contribution in [0.15, 0.2) is 45.6 Å². The number of carboxylic acid groups (broad SMARTS) is 1. The van der Waals surface area contributed by atoms with Crippen LogP contribution < -0.4 is 0 Å². The Labute approximate surface area is 173 Å². The van der Waals surface area contributed by atoms with E-state index in [4.69, 9.17) is 4.52 Å². The number of aromatic nitrogens is 2. The van der Waals surface area contributed by atoms with Crippen molar-refractivity contribution in [2.45, 2.75) is 27.7 Å². The van der Waals surface area contributed by atoms with Crippen LogP contribution in [0.25, 0.3) is 22.5 Å². The van der Waals surface area contributed by atoms with E-state index in [-0.39, 0.29) is 11.5 Å². The van der Waals surface area contributed by atoms with E-state index >= 15 is 0 Å². The summed E-state index contributed by atoms with van der Waals surface area (Å²) in [5.74, 6) is 0.444. The molecule has 4 rings (SSSR count). The summed E-state index contributed by atoms with van der Waals surface area (Å²) in [5, 5.41) is 17.8. The molecule has 148 valence electrons. The molecule has 1 aromatic carbocycles. The number of carboxylic acids is 1. The standard InChI is InChI=1S/C23H22N2O3S/c1-12-5-6-16(9-19(12)23(26)27)21-24-22(28-25-21)18-8-7-17(14(3)15(18)4)20-11-29-10-13(20)2/h5-11,14-15H,1-4H3,(H,26,27). The summed E-state index contributed by atoms with van der Waals surface area (Å²) in [5.41, 5.74) is 6.49. The largest absolute Gasteiger partial charge is 0.478 e. The van der Waals surface area contributed by atoms with Crippen LogP contribution in [0.3, 0.4) is 0 Å². The zero-order valence-electron chi connectivity index (χ0n) is 16.8. The van der Waals surface area contributed by atoms with Gasteiger partial charge in [-0.15, -0.1) is 0 Å². The summed E-state index contributed by atoms with van der Waals surface area (Å²) in [6.45, 7) is 8.30. The lowest BCUT2D eigenvalue weighted by molar-refractivity contribution is 0.0696. The molecule has 0 radical (unpaired) electrons. The van der Waals surface area contributed by atoms with Crippen LogP contribution in [0.4, 0.5) is 0 Å². The number of carbonyl (C=O) groups is 1. The van der Waals surface area contributed by atoms with E-state index in [1.807, 2.05) is 6.07 Å². The maximum atomic E-state index is 11.4. The lowest BCUT2D eigenvalue weighted by atomic mass is 9.77. The molecule has 29 heavy (non-hydrogen) atoms. The van der Waals surface area contributed by atoms with Crippen molar-refractivity contribution in [1.29, 1.82) is 0 Å². The Morgan fingerprint density at radius 2 is 1.79 bits per heavy atom. The third-order valence-electron chi connectivity index (χ3n) is 5.74. The average molecular weight is 407 g/mol. The van der Waals surface area contributed by atoms with Crippen molar-refractivity contribution in [3.63, 3.8) is 0 Å². The van der Waals surface area contributed by atoms with Gasteiger partial charge in [0.05, 0.1) is 5.56 Å². The predicted molar refractivity (Wildman–Crippen MR) is 115 cm³/mol. The number of aromatic carboxylic acids is 1. The molecule has 1 aliphatic rings. The van der Waals surface area contributed by atoms with Gasteiger partial charge in [0.25, 0.3) is 5.89 Å². The number of nitrogens with zero attached hydrogens (tertiary/aromatic N) is 2. The van der Waals surface area contributed by atoms with Gasteiger partial charge in [0.15, 0.2) is 0 Å². The zero-order chi connectivity index (χ0) is 20.7. The van der Waals surface area contributed by atoms with Crippen LogP contribution in [-0.2, 0) is 0 Å². The SMILES string of the molecule is Cc1ccc(-c2noc(C3=CC=C(c4cscc4C)C(C)C3C)n2)cc1C(=O)O. The fourth-order valence-electron chi connectivity index (χ4n) is 3.73. The number of rotatable bonds is 4. The molecule has 0 bridgehead atoms. The molecule has 0 aliphatic heterocycles. The first-order valence-electron chi connectivity index (χ1n) is 9.50. The first-order valence-corrected chi connectivity index (χ1v) is 10.4. The maximum absolute atomic E-state index is 11.4. The number of benzene rings is 1. The Kier molecular flexibility index (Phi) is 4.96. The van der Waals surface area contributed by atoms with Crippen molar-refractivity contribution in [1.82, 2.24) is 10.1 Å². The van der Waals surface area contributed by atoms with Crippen LogP contribution in [0.1, 0.15) is 46.8 Å². The molecule has 0 spiro atoms. The third kappa shape index (κ3) is 3.44. The Morgan fingerprint density at radius 3 is 2.48 bits per heavy atom. The minimum atomic E-state index is -0.966. The molecular weight excluding hydrogens is 384 g/mol. The van der Waals surface area contributed by atoms with Crippen molar-refractivity contribution in [3.05, 3.63) is 69.3 Å². The molecule has 1 N–H and O–H groups in total. The van der Waals surface area contributed by atoms with Gasteiger partial charge in [-0.1, -0.05) is 43.3 Å². The first kappa shape index (κ1) is 19.3. The molecule has 0 saturated carbocycles. The van der Waals surface area contributed by atoms with Gasteiger partial charge in [-0.05, 0) is 64.8 Å². The van der Waals surface area contributed by atoms with E-state index in [1.165, 1.54) is 16.7 Å². The highest BCUT2D eigenvalue weighted by atomic mass is 32.1. The highest BCUT2D eigenvalue weighted by Crippen LogP contribution is 2.42. The van der Waals surface area contributed by atoms with Crippen LogP contribution in [0.5, 0.6) is 0 Å². The smallest absolute Gasteiger partial charge is 0.335 e. The Bertz CT molecular complexity index is 1150. The number of thiophene rings is 1.